The highest BCUT2D eigenvalue weighted by Gasteiger charge is 2.39. The number of carbonyl (C=O) groups is 3. The molecule has 1 fully saturated rings. The number of fused-ring (bicyclic) bond motifs is 1. The van der Waals surface area contributed by atoms with Gasteiger partial charge in [-0.15, -0.1) is 0 Å². The molecule has 3 aromatic rings. The van der Waals surface area contributed by atoms with E-state index in [1.807, 2.05) is 35.9 Å². The third-order valence-electron chi connectivity index (χ3n) is 6.15. The molecule has 168 valence electrons. The predicted molar refractivity (Wildman–Crippen MR) is 122 cm³/mol. The maximum Gasteiger partial charge on any atom is 0.255 e. The molecule has 9 heteroatoms. The van der Waals surface area contributed by atoms with Crippen molar-refractivity contribution in [3.63, 3.8) is 0 Å². The van der Waals surface area contributed by atoms with Crippen LogP contribution in [0.1, 0.15) is 28.8 Å². The fourth-order valence-electron chi connectivity index (χ4n) is 4.55. The van der Waals surface area contributed by atoms with Crippen molar-refractivity contribution in [2.24, 2.45) is 7.05 Å². The maximum atomic E-state index is 13.0. The number of imidazole rings is 1. The number of nitrogens with zero attached hydrogens (tertiary/aromatic N) is 3. The van der Waals surface area contributed by atoms with Crippen LogP contribution in [0.3, 0.4) is 0 Å². The Morgan fingerprint density at radius 2 is 1.94 bits per heavy atom. The molecule has 33 heavy (non-hydrogen) atoms. The Morgan fingerprint density at radius 3 is 2.70 bits per heavy atom. The maximum absolute atomic E-state index is 13.0. The zero-order valence-corrected chi connectivity index (χ0v) is 18.8. The zero-order chi connectivity index (χ0) is 23.3. The molecule has 5 rings (SSSR count). The minimum Gasteiger partial charge on any atom is -0.496 e. The van der Waals surface area contributed by atoms with Gasteiger partial charge < -0.3 is 14.2 Å². The number of hydrogen-bond acceptors (Lipinski definition) is 5. The number of ether oxygens (including phenoxy) is 1. The Hall–Kier alpha value is -3.65. The van der Waals surface area contributed by atoms with Crippen molar-refractivity contribution < 1.29 is 19.1 Å². The van der Waals surface area contributed by atoms with Gasteiger partial charge in [0.1, 0.15) is 11.8 Å². The van der Waals surface area contributed by atoms with Gasteiger partial charge in [-0.3, -0.25) is 19.7 Å². The first-order chi connectivity index (χ1) is 15.9. The first-order valence-electron chi connectivity index (χ1n) is 10.5. The van der Waals surface area contributed by atoms with Crippen LogP contribution in [-0.4, -0.2) is 45.3 Å². The summed E-state index contributed by atoms with van der Waals surface area (Å²) in [6.45, 7) is 0.303. The second-order valence-corrected chi connectivity index (χ2v) is 8.61. The molecule has 0 radical (unpaired) electrons. The molecule has 0 bridgehead atoms. The topological polar surface area (TPSA) is 93.5 Å². The number of hydrogen-bond donors (Lipinski definition) is 1. The molecule has 1 saturated heterocycles. The van der Waals surface area contributed by atoms with E-state index >= 15 is 0 Å². The molecule has 8 nitrogen and oxygen atoms in total. The van der Waals surface area contributed by atoms with Gasteiger partial charge in [0.15, 0.2) is 0 Å². The van der Waals surface area contributed by atoms with Crippen LogP contribution in [0.25, 0.3) is 22.5 Å². The van der Waals surface area contributed by atoms with Crippen LogP contribution in [-0.2, 0) is 23.2 Å². The number of imide groups is 1. The summed E-state index contributed by atoms with van der Waals surface area (Å²) < 4.78 is 7.44. The summed E-state index contributed by atoms with van der Waals surface area (Å²) >= 11 is 6.26. The Kier molecular flexibility index (Phi) is 5.17. The molecule has 2 aliphatic heterocycles. The smallest absolute Gasteiger partial charge is 0.255 e. The molecular weight excluding hydrogens is 444 g/mol. The monoisotopic (exact) mass is 464 g/mol. The molecular formula is C24H21ClN4O4. The molecule has 1 atom stereocenters. The number of nitrogens with one attached hydrogen (secondary N) is 1. The van der Waals surface area contributed by atoms with Crippen LogP contribution < -0.4 is 10.1 Å². The number of piperidine rings is 1. The largest absolute Gasteiger partial charge is 0.496 e. The minimum absolute atomic E-state index is 0.205. The van der Waals surface area contributed by atoms with Crippen LogP contribution in [0.5, 0.6) is 5.75 Å². The highest BCUT2D eigenvalue weighted by Crippen LogP contribution is 2.39. The molecule has 1 N–H and O–H groups in total. The summed E-state index contributed by atoms with van der Waals surface area (Å²) in [5, 5.41) is 2.91. The third-order valence-corrected chi connectivity index (χ3v) is 6.39. The molecule has 1 unspecified atom stereocenters. The lowest BCUT2D eigenvalue weighted by molar-refractivity contribution is -0.136. The van der Waals surface area contributed by atoms with Gasteiger partial charge in [0, 0.05) is 41.7 Å². The molecule has 2 aliphatic rings. The second-order valence-electron chi connectivity index (χ2n) is 8.17. The van der Waals surface area contributed by atoms with E-state index in [-0.39, 0.29) is 18.2 Å². The van der Waals surface area contributed by atoms with E-state index in [0.717, 1.165) is 28.1 Å². The lowest BCUT2D eigenvalue weighted by Crippen LogP contribution is -2.52. The van der Waals surface area contributed by atoms with Crippen LogP contribution in [0.15, 0.2) is 42.7 Å². The van der Waals surface area contributed by atoms with Gasteiger partial charge in [0.2, 0.25) is 11.8 Å². The summed E-state index contributed by atoms with van der Waals surface area (Å²) in [4.78, 5) is 42.9. The summed E-state index contributed by atoms with van der Waals surface area (Å²) in [6, 6.07) is 10.3. The predicted octanol–water partition coefficient (Wildman–Crippen LogP) is 3.18. The normalized spacial score (nSPS) is 17.8. The van der Waals surface area contributed by atoms with Crippen molar-refractivity contribution in [3.05, 3.63) is 58.9 Å². The van der Waals surface area contributed by atoms with Gasteiger partial charge in [-0.05, 0) is 42.3 Å². The SMILES string of the molecule is COc1ccc(Cl)cc1-c1c(-c2ccc3c(c2)CN(C2CCC(=O)NC2=O)C3=O)ncn1C. The number of halogens is 1. The molecule has 2 aromatic carbocycles. The highest BCUT2D eigenvalue weighted by atomic mass is 35.5. The van der Waals surface area contributed by atoms with Crippen molar-refractivity contribution >= 4 is 29.3 Å². The van der Waals surface area contributed by atoms with Gasteiger partial charge in [-0.1, -0.05) is 17.7 Å². The molecule has 1 aromatic heterocycles. The first kappa shape index (κ1) is 21.2. The summed E-state index contributed by atoms with van der Waals surface area (Å²) in [5.74, 6) is -0.261. The van der Waals surface area contributed by atoms with Gasteiger partial charge >= 0.3 is 0 Å². The van der Waals surface area contributed by atoms with Crippen LogP contribution in [0.4, 0.5) is 0 Å². The third kappa shape index (κ3) is 3.56. The molecule has 0 spiro atoms. The van der Waals surface area contributed by atoms with Crippen LogP contribution >= 0.6 is 11.6 Å². The van der Waals surface area contributed by atoms with E-state index in [9.17, 15) is 14.4 Å². The van der Waals surface area contributed by atoms with Crippen molar-refractivity contribution in [2.75, 3.05) is 7.11 Å². The summed E-state index contributed by atoms with van der Waals surface area (Å²) in [7, 11) is 3.50. The van der Waals surface area contributed by atoms with E-state index in [0.29, 0.717) is 29.3 Å². The van der Waals surface area contributed by atoms with Crippen molar-refractivity contribution in [2.45, 2.75) is 25.4 Å². The number of carbonyl (C=O) groups excluding carboxylic acids is 3. The van der Waals surface area contributed by atoms with E-state index < -0.39 is 11.9 Å². The van der Waals surface area contributed by atoms with Crippen molar-refractivity contribution in [3.8, 4) is 28.3 Å². The van der Waals surface area contributed by atoms with Gasteiger partial charge in [-0.2, -0.15) is 0 Å². The van der Waals surface area contributed by atoms with Gasteiger partial charge in [0.05, 0.1) is 24.8 Å². The van der Waals surface area contributed by atoms with Crippen molar-refractivity contribution in [1.82, 2.24) is 19.8 Å². The van der Waals surface area contributed by atoms with E-state index in [1.54, 1.807) is 25.6 Å². The van der Waals surface area contributed by atoms with Gasteiger partial charge in [0.25, 0.3) is 5.91 Å². The Labute approximate surface area is 195 Å². The number of aryl methyl sites for hydroxylation is 1. The van der Waals surface area contributed by atoms with E-state index in [1.165, 1.54) is 4.90 Å². The zero-order valence-electron chi connectivity index (χ0n) is 18.1. The molecule has 3 amide bonds. The summed E-state index contributed by atoms with van der Waals surface area (Å²) in [5.41, 5.74) is 4.58. The van der Waals surface area contributed by atoms with Crippen LogP contribution in [0.2, 0.25) is 5.02 Å². The number of amides is 3. The number of rotatable bonds is 4. The fourth-order valence-corrected chi connectivity index (χ4v) is 4.72. The lowest BCUT2D eigenvalue weighted by Gasteiger charge is -2.29. The minimum atomic E-state index is -0.646. The average Bonchev–Trinajstić information content (AvgIpc) is 3.33. The Morgan fingerprint density at radius 1 is 1.12 bits per heavy atom. The Balaban J connectivity index is 1.52. The van der Waals surface area contributed by atoms with E-state index in [4.69, 9.17) is 16.3 Å². The number of methoxy groups -OCH3 is 1. The highest BCUT2D eigenvalue weighted by molar-refractivity contribution is 6.31. The Bertz CT molecular complexity index is 1320. The lowest BCUT2D eigenvalue weighted by atomic mass is 10.00. The standard InChI is InChI=1S/C24H21ClN4O4/c1-28-12-26-21(22(28)17-10-15(25)4-7-19(17)33-2)13-3-5-16-14(9-13)11-29(24(16)32)18-6-8-20(30)27-23(18)31/h3-5,7,9-10,12,18H,6,8,11H2,1-2H3,(H,27,30,31). The first-order valence-corrected chi connectivity index (χ1v) is 10.9. The molecule has 0 saturated carbocycles. The number of aromatic nitrogens is 2. The molecule has 0 aliphatic carbocycles. The van der Waals surface area contributed by atoms with Crippen molar-refractivity contribution in [1.29, 1.82) is 0 Å². The van der Waals surface area contributed by atoms with E-state index in [2.05, 4.69) is 10.3 Å². The van der Waals surface area contributed by atoms with Gasteiger partial charge in [-0.25, -0.2) is 4.98 Å². The quantitative estimate of drug-likeness (QED) is 0.598. The average molecular weight is 465 g/mol. The molecule has 3 heterocycles. The fraction of sp³-hybridized carbons (Fsp3) is 0.250. The summed E-state index contributed by atoms with van der Waals surface area (Å²) in [6.07, 6.45) is 2.27. The van der Waals surface area contributed by atoms with Crippen LogP contribution in [0, 0.1) is 0 Å². The number of benzene rings is 2. The second kappa shape index (κ2) is 8.04.